The van der Waals surface area contributed by atoms with Gasteiger partial charge >= 0.3 is 0 Å². The lowest BCUT2D eigenvalue weighted by molar-refractivity contribution is -0.126. The summed E-state index contributed by atoms with van der Waals surface area (Å²) in [7, 11) is -3.52. The number of hydrogen-bond acceptors (Lipinski definition) is 3. The Hall–Kier alpha value is -2.51. The van der Waals surface area contributed by atoms with Crippen LogP contribution in [0, 0.1) is 11.7 Å². The van der Waals surface area contributed by atoms with Crippen molar-refractivity contribution in [2.75, 3.05) is 13.1 Å². The van der Waals surface area contributed by atoms with E-state index in [2.05, 4.69) is 5.32 Å². The summed E-state index contributed by atoms with van der Waals surface area (Å²) in [6, 6.07) is 15.0. The van der Waals surface area contributed by atoms with Crippen LogP contribution in [0.5, 0.6) is 0 Å². The van der Waals surface area contributed by atoms with Crippen LogP contribution in [0.25, 0.3) is 6.08 Å². The van der Waals surface area contributed by atoms with Gasteiger partial charge in [0.15, 0.2) is 0 Å². The first kappa shape index (κ1) is 21.2. The molecule has 1 aliphatic rings. The van der Waals surface area contributed by atoms with Crippen molar-refractivity contribution < 1.29 is 17.6 Å². The molecule has 1 N–H and O–H groups in total. The third-order valence-corrected chi connectivity index (χ3v) is 6.71. The summed E-state index contributed by atoms with van der Waals surface area (Å²) in [6.45, 7) is 2.47. The maximum atomic E-state index is 13.0. The molecule has 1 aliphatic heterocycles. The van der Waals surface area contributed by atoms with Crippen LogP contribution in [0.15, 0.2) is 60.0 Å². The summed E-state index contributed by atoms with van der Waals surface area (Å²) >= 11 is 0. The lowest BCUT2D eigenvalue weighted by atomic mass is 9.96. The van der Waals surface area contributed by atoms with Gasteiger partial charge in [-0.1, -0.05) is 42.5 Å². The Labute approximate surface area is 171 Å². The van der Waals surface area contributed by atoms with Gasteiger partial charge in [0.25, 0.3) is 0 Å². The van der Waals surface area contributed by atoms with Crippen molar-refractivity contribution >= 4 is 22.0 Å². The summed E-state index contributed by atoms with van der Waals surface area (Å²) in [5.74, 6) is -0.650. The maximum absolute atomic E-state index is 13.0. The number of nitrogens with one attached hydrogen (secondary N) is 1. The van der Waals surface area contributed by atoms with Crippen molar-refractivity contribution in [3.63, 3.8) is 0 Å². The van der Waals surface area contributed by atoms with Crippen LogP contribution in [-0.4, -0.2) is 31.7 Å². The molecule has 154 valence electrons. The first-order valence-corrected chi connectivity index (χ1v) is 11.1. The Morgan fingerprint density at radius 1 is 1.10 bits per heavy atom. The molecule has 29 heavy (non-hydrogen) atoms. The van der Waals surface area contributed by atoms with E-state index in [9.17, 15) is 17.6 Å². The van der Waals surface area contributed by atoms with E-state index < -0.39 is 10.0 Å². The average Bonchev–Trinajstić information content (AvgIpc) is 2.73. The number of rotatable bonds is 6. The summed E-state index contributed by atoms with van der Waals surface area (Å²) in [5.41, 5.74) is 1.64. The van der Waals surface area contributed by atoms with Crippen molar-refractivity contribution in [2.45, 2.75) is 25.8 Å². The molecule has 1 heterocycles. The Morgan fingerprint density at radius 2 is 1.72 bits per heavy atom. The zero-order chi connectivity index (χ0) is 20.9. The zero-order valence-corrected chi connectivity index (χ0v) is 17.1. The van der Waals surface area contributed by atoms with Crippen molar-refractivity contribution in [1.82, 2.24) is 9.62 Å². The molecular formula is C22H25FN2O3S. The van der Waals surface area contributed by atoms with Crippen molar-refractivity contribution in [3.05, 3.63) is 76.9 Å². The molecule has 0 spiro atoms. The van der Waals surface area contributed by atoms with Gasteiger partial charge in [-0.25, -0.2) is 12.8 Å². The van der Waals surface area contributed by atoms with E-state index in [-0.39, 0.29) is 23.7 Å². The van der Waals surface area contributed by atoms with Gasteiger partial charge < -0.3 is 5.32 Å². The van der Waals surface area contributed by atoms with Crippen LogP contribution in [0.4, 0.5) is 4.39 Å². The van der Waals surface area contributed by atoms with Gasteiger partial charge in [0.05, 0.1) is 6.04 Å². The first-order chi connectivity index (χ1) is 13.8. The highest BCUT2D eigenvalue weighted by atomic mass is 32.2. The molecule has 0 radical (unpaired) electrons. The van der Waals surface area contributed by atoms with Gasteiger partial charge in [0.1, 0.15) is 5.82 Å². The molecule has 5 nitrogen and oxygen atoms in total. The third kappa shape index (κ3) is 5.74. The van der Waals surface area contributed by atoms with Gasteiger partial charge in [-0.3, -0.25) is 4.79 Å². The smallest absolute Gasteiger partial charge is 0.236 e. The molecular weight excluding hydrogens is 391 g/mol. The summed E-state index contributed by atoms with van der Waals surface area (Å²) in [4.78, 5) is 12.5. The van der Waals surface area contributed by atoms with E-state index in [1.165, 1.54) is 21.8 Å². The van der Waals surface area contributed by atoms with E-state index in [0.29, 0.717) is 25.9 Å². The number of amides is 1. The van der Waals surface area contributed by atoms with Gasteiger partial charge in [-0.2, -0.15) is 4.31 Å². The monoisotopic (exact) mass is 416 g/mol. The molecule has 1 atom stereocenters. The highest BCUT2D eigenvalue weighted by Gasteiger charge is 2.30. The molecule has 0 aliphatic carbocycles. The lowest BCUT2D eigenvalue weighted by Gasteiger charge is -2.30. The topological polar surface area (TPSA) is 66.5 Å². The number of benzene rings is 2. The van der Waals surface area contributed by atoms with Crippen molar-refractivity contribution in [3.8, 4) is 0 Å². The second-order valence-corrected chi connectivity index (χ2v) is 9.03. The Bertz CT molecular complexity index is 951. The van der Waals surface area contributed by atoms with E-state index >= 15 is 0 Å². The number of piperidine rings is 1. The molecule has 1 amide bonds. The van der Waals surface area contributed by atoms with E-state index in [0.717, 1.165) is 11.1 Å². The van der Waals surface area contributed by atoms with Crippen LogP contribution in [0.2, 0.25) is 0 Å². The minimum atomic E-state index is -3.52. The number of carbonyl (C=O) groups is 1. The van der Waals surface area contributed by atoms with Gasteiger partial charge in [0, 0.05) is 24.4 Å². The highest BCUT2D eigenvalue weighted by Crippen LogP contribution is 2.22. The Morgan fingerprint density at radius 3 is 2.34 bits per heavy atom. The molecule has 1 unspecified atom stereocenters. The number of hydrogen-bond donors (Lipinski definition) is 1. The second kappa shape index (κ2) is 9.33. The molecule has 0 aromatic heterocycles. The third-order valence-electron chi connectivity index (χ3n) is 5.15. The van der Waals surface area contributed by atoms with E-state index in [1.807, 2.05) is 37.3 Å². The van der Waals surface area contributed by atoms with E-state index in [4.69, 9.17) is 0 Å². The Kier molecular flexibility index (Phi) is 6.82. The predicted molar refractivity (Wildman–Crippen MR) is 112 cm³/mol. The van der Waals surface area contributed by atoms with Gasteiger partial charge in [-0.05, 0) is 49.1 Å². The van der Waals surface area contributed by atoms with E-state index in [1.54, 1.807) is 18.2 Å². The molecule has 2 aromatic rings. The summed E-state index contributed by atoms with van der Waals surface area (Å²) in [6.07, 6.45) is 2.53. The molecule has 1 fully saturated rings. The normalized spacial score (nSPS) is 17.3. The predicted octanol–water partition coefficient (Wildman–Crippen LogP) is 3.72. The van der Waals surface area contributed by atoms with Crippen LogP contribution in [-0.2, 0) is 14.8 Å². The number of nitrogens with zero attached hydrogens (tertiary/aromatic N) is 1. The Balaban J connectivity index is 1.53. The van der Waals surface area contributed by atoms with Crippen LogP contribution in [0.3, 0.4) is 0 Å². The average molecular weight is 417 g/mol. The molecule has 7 heteroatoms. The molecule has 1 saturated heterocycles. The van der Waals surface area contributed by atoms with Crippen LogP contribution < -0.4 is 5.32 Å². The standard InChI is InChI=1S/C22H25FN2O3S/c1-17(19-7-9-21(23)10-8-19)24-22(26)20-11-14-25(15-12-20)29(27,28)16-13-18-5-3-2-4-6-18/h2-10,13,16-17,20H,11-12,14-15H2,1H3,(H,24,26)/b16-13+. The summed E-state index contributed by atoms with van der Waals surface area (Å²) in [5, 5.41) is 4.16. The molecule has 3 rings (SSSR count). The summed E-state index contributed by atoms with van der Waals surface area (Å²) < 4.78 is 39.5. The quantitative estimate of drug-likeness (QED) is 0.781. The van der Waals surface area contributed by atoms with Crippen LogP contribution >= 0.6 is 0 Å². The second-order valence-electron chi connectivity index (χ2n) is 7.21. The maximum Gasteiger partial charge on any atom is 0.236 e. The fourth-order valence-corrected chi connectivity index (χ4v) is 4.57. The SMILES string of the molecule is CC(NC(=O)C1CCN(S(=O)(=O)/C=C/c2ccccc2)CC1)c1ccc(F)cc1. The van der Waals surface area contributed by atoms with Gasteiger partial charge in [0.2, 0.25) is 15.9 Å². The minimum absolute atomic E-state index is 0.0984. The zero-order valence-electron chi connectivity index (χ0n) is 16.3. The van der Waals surface area contributed by atoms with Crippen molar-refractivity contribution in [2.24, 2.45) is 5.92 Å². The van der Waals surface area contributed by atoms with Crippen molar-refractivity contribution in [1.29, 1.82) is 0 Å². The first-order valence-electron chi connectivity index (χ1n) is 9.64. The number of halogens is 1. The molecule has 2 aromatic carbocycles. The fourth-order valence-electron chi connectivity index (χ4n) is 3.35. The van der Waals surface area contributed by atoms with Crippen LogP contribution in [0.1, 0.15) is 36.9 Å². The lowest BCUT2D eigenvalue weighted by Crippen LogP contribution is -2.42. The molecule has 0 saturated carbocycles. The number of sulfonamides is 1. The minimum Gasteiger partial charge on any atom is -0.349 e. The van der Waals surface area contributed by atoms with Gasteiger partial charge in [-0.15, -0.1) is 0 Å². The highest BCUT2D eigenvalue weighted by molar-refractivity contribution is 7.92. The largest absolute Gasteiger partial charge is 0.349 e. The fraction of sp³-hybridized carbons (Fsp3) is 0.318. The number of carbonyl (C=O) groups excluding carboxylic acids is 1. The molecule has 0 bridgehead atoms.